The molecule has 2 rings (SSSR count). The van der Waals surface area contributed by atoms with Gasteiger partial charge in [0.05, 0.1) is 6.26 Å². The van der Waals surface area contributed by atoms with Gasteiger partial charge in [-0.3, -0.25) is 4.21 Å². The molecule has 5 heteroatoms. The van der Waals surface area contributed by atoms with E-state index in [4.69, 9.17) is 9.15 Å². The number of furan rings is 1. The SMILES string of the molecule is O=S1CCC(NCCCOCc2ccco2)CC1. The van der Waals surface area contributed by atoms with Gasteiger partial charge in [-0.15, -0.1) is 0 Å². The van der Waals surface area contributed by atoms with Crippen molar-refractivity contribution in [2.45, 2.75) is 31.9 Å². The smallest absolute Gasteiger partial charge is 0.129 e. The highest BCUT2D eigenvalue weighted by Crippen LogP contribution is 2.08. The maximum Gasteiger partial charge on any atom is 0.129 e. The van der Waals surface area contributed by atoms with E-state index in [0.717, 1.165) is 49.7 Å². The van der Waals surface area contributed by atoms with Crippen LogP contribution in [-0.2, 0) is 22.1 Å². The molecule has 1 aliphatic heterocycles. The van der Waals surface area contributed by atoms with Crippen LogP contribution < -0.4 is 5.32 Å². The van der Waals surface area contributed by atoms with Crippen LogP contribution in [0.4, 0.5) is 0 Å². The highest BCUT2D eigenvalue weighted by Gasteiger charge is 2.16. The molecule has 1 aromatic rings. The van der Waals surface area contributed by atoms with Gasteiger partial charge in [-0.05, 0) is 37.9 Å². The van der Waals surface area contributed by atoms with Crippen molar-refractivity contribution in [3.63, 3.8) is 0 Å². The first kappa shape index (κ1) is 13.8. The third kappa shape index (κ3) is 4.92. The molecule has 0 aliphatic carbocycles. The number of hydrogen-bond acceptors (Lipinski definition) is 4. The van der Waals surface area contributed by atoms with Gasteiger partial charge in [-0.1, -0.05) is 0 Å². The first-order chi connectivity index (χ1) is 8.84. The van der Waals surface area contributed by atoms with Crippen molar-refractivity contribution >= 4 is 10.8 Å². The van der Waals surface area contributed by atoms with Gasteiger partial charge >= 0.3 is 0 Å². The molecular weight excluding hydrogens is 250 g/mol. The normalized spacial score (nSPS) is 24.2. The van der Waals surface area contributed by atoms with Crippen molar-refractivity contribution < 1.29 is 13.4 Å². The second-order valence-corrected chi connectivity index (χ2v) is 6.26. The Labute approximate surface area is 111 Å². The summed E-state index contributed by atoms with van der Waals surface area (Å²) >= 11 is 0. The Bertz CT molecular complexity index is 343. The van der Waals surface area contributed by atoms with Crippen LogP contribution in [0.1, 0.15) is 25.0 Å². The minimum Gasteiger partial charge on any atom is -0.467 e. The van der Waals surface area contributed by atoms with Crippen molar-refractivity contribution in [1.29, 1.82) is 0 Å². The van der Waals surface area contributed by atoms with Crippen molar-refractivity contribution in [2.75, 3.05) is 24.7 Å². The molecule has 18 heavy (non-hydrogen) atoms. The Balaban J connectivity index is 1.45. The fraction of sp³-hybridized carbons (Fsp3) is 0.692. The average molecular weight is 271 g/mol. The average Bonchev–Trinajstić information content (AvgIpc) is 2.89. The summed E-state index contributed by atoms with van der Waals surface area (Å²) in [5, 5.41) is 3.50. The molecule has 1 aliphatic rings. The number of nitrogens with one attached hydrogen (secondary N) is 1. The maximum atomic E-state index is 11.2. The monoisotopic (exact) mass is 271 g/mol. The summed E-state index contributed by atoms with van der Waals surface area (Å²) < 4.78 is 21.9. The van der Waals surface area contributed by atoms with Gasteiger partial charge in [0.1, 0.15) is 12.4 Å². The Kier molecular flexibility index (Phi) is 5.90. The van der Waals surface area contributed by atoms with E-state index in [0.29, 0.717) is 12.6 Å². The van der Waals surface area contributed by atoms with Gasteiger partial charge in [-0.2, -0.15) is 0 Å². The zero-order valence-corrected chi connectivity index (χ0v) is 11.4. The summed E-state index contributed by atoms with van der Waals surface area (Å²) in [7, 11) is -0.564. The summed E-state index contributed by atoms with van der Waals surface area (Å²) in [4.78, 5) is 0. The summed E-state index contributed by atoms with van der Waals surface area (Å²) in [6.45, 7) is 2.26. The van der Waals surface area contributed by atoms with Gasteiger partial charge in [0.15, 0.2) is 0 Å². The second kappa shape index (κ2) is 7.71. The molecule has 0 atom stereocenters. The predicted octanol–water partition coefficient (Wildman–Crippen LogP) is 1.69. The molecule has 0 saturated carbocycles. The van der Waals surface area contributed by atoms with E-state index in [1.807, 2.05) is 12.1 Å². The van der Waals surface area contributed by atoms with Crippen molar-refractivity contribution in [1.82, 2.24) is 5.32 Å². The van der Waals surface area contributed by atoms with E-state index in [1.165, 1.54) is 0 Å². The quantitative estimate of drug-likeness (QED) is 0.767. The highest BCUT2D eigenvalue weighted by atomic mass is 32.2. The van der Waals surface area contributed by atoms with Crippen LogP contribution in [0.5, 0.6) is 0 Å². The molecule has 0 radical (unpaired) electrons. The summed E-state index contributed by atoms with van der Waals surface area (Å²) in [5.74, 6) is 2.58. The molecule has 0 amide bonds. The number of hydrogen-bond donors (Lipinski definition) is 1. The molecule has 1 N–H and O–H groups in total. The molecule has 0 unspecified atom stereocenters. The lowest BCUT2D eigenvalue weighted by molar-refractivity contribution is 0.103. The summed E-state index contributed by atoms with van der Waals surface area (Å²) in [6, 6.07) is 4.33. The van der Waals surface area contributed by atoms with E-state index in [1.54, 1.807) is 6.26 Å². The first-order valence-electron chi connectivity index (χ1n) is 6.53. The molecule has 1 saturated heterocycles. The van der Waals surface area contributed by atoms with Gasteiger partial charge in [-0.25, -0.2) is 0 Å². The number of rotatable bonds is 7. The highest BCUT2D eigenvalue weighted by molar-refractivity contribution is 7.85. The largest absolute Gasteiger partial charge is 0.467 e. The molecule has 4 nitrogen and oxygen atoms in total. The van der Waals surface area contributed by atoms with Gasteiger partial charge in [0, 0.05) is 35.0 Å². The molecular formula is C13H21NO3S. The molecule has 0 bridgehead atoms. The van der Waals surface area contributed by atoms with E-state index < -0.39 is 10.8 Å². The van der Waals surface area contributed by atoms with Gasteiger partial charge in [0.2, 0.25) is 0 Å². The van der Waals surface area contributed by atoms with Crippen LogP contribution in [0.25, 0.3) is 0 Å². The third-order valence-electron chi connectivity index (χ3n) is 3.11. The topological polar surface area (TPSA) is 51.5 Å². The van der Waals surface area contributed by atoms with Crippen LogP contribution in [0.2, 0.25) is 0 Å². The fourth-order valence-corrected chi connectivity index (χ4v) is 3.34. The Morgan fingerprint density at radius 2 is 2.28 bits per heavy atom. The second-order valence-electron chi connectivity index (χ2n) is 4.56. The standard InChI is InChI=1S/C13H21NO3S/c15-18-9-4-12(5-10-18)14-6-2-7-16-11-13-3-1-8-17-13/h1,3,8,12,14H,2,4-7,9-11H2. The molecule has 1 fully saturated rings. The van der Waals surface area contributed by atoms with Crippen LogP contribution in [0.3, 0.4) is 0 Å². The molecule has 102 valence electrons. The van der Waals surface area contributed by atoms with Crippen molar-refractivity contribution in [3.8, 4) is 0 Å². The van der Waals surface area contributed by atoms with Crippen molar-refractivity contribution in [3.05, 3.63) is 24.2 Å². The molecule has 0 spiro atoms. The lowest BCUT2D eigenvalue weighted by Gasteiger charge is -2.22. The van der Waals surface area contributed by atoms with Crippen LogP contribution in [-0.4, -0.2) is 34.9 Å². The lowest BCUT2D eigenvalue weighted by Crippen LogP contribution is -2.36. The van der Waals surface area contributed by atoms with E-state index in [9.17, 15) is 4.21 Å². The lowest BCUT2D eigenvalue weighted by atomic mass is 10.1. The fourth-order valence-electron chi connectivity index (χ4n) is 2.05. The maximum absolute atomic E-state index is 11.2. The minimum absolute atomic E-state index is 0.549. The first-order valence-corrected chi connectivity index (χ1v) is 8.02. The molecule has 2 heterocycles. The zero-order chi connectivity index (χ0) is 12.6. The number of ether oxygens (including phenoxy) is 1. The Morgan fingerprint density at radius 1 is 1.44 bits per heavy atom. The summed E-state index contributed by atoms with van der Waals surface area (Å²) in [6.07, 6.45) is 4.74. The van der Waals surface area contributed by atoms with E-state index >= 15 is 0 Å². The Hall–Kier alpha value is -0.650. The minimum atomic E-state index is -0.564. The van der Waals surface area contributed by atoms with Crippen LogP contribution >= 0.6 is 0 Å². The Morgan fingerprint density at radius 3 is 3.00 bits per heavy atom. The van der Waals surface area contributed by atoms with E-state index in [-0.39, 0.29) is 0 Å². The van der Waals surface area contributed by atoms with E-state index in [2.05, 4.69) is 5.32 Å². The van der Waals surface area contributed by atoms with Crippen LogP contribution in [0.15, 0.2) is 22.8 Å². The molecule has 1 aromatic heterocycles. The summed E-state index contributed by atoms with van der Waals surface area (Å²) in [5.41, 5.74) is 0. The molecule has 0 aromatic carbocycles. The zero-order valence-electron chi connectivity index (χ0n) is 10.6. The van der Waals surface area contributed by atoms with Crippen molar-refractivity contribution in [2.24, 2.45) is 0 Å². The van der Waals surface area contributed by atoms with Gasteiger partial charge < -0.3 is 14.5 Å². The third-order valence-corrected chi connectivity index (χ3v) is 4.49. The predicted molar refractivity (Wildman–Crippen MR) is 71.9 cm³/mol. The van der Waals surface area contributed by atoms with Gasteiger partial charge in [0.25, 0.3) is 0 Å². The van der Waals surface area contributed by atoms with Crippen LogP contribution in [0, 0.1) is 0 Å².